The number of unbranched alkanes of at least 4 members (excludes halogenated alkanes) is 1. The Hall–Kier alpha value is -0.130. The Kier molecular flexibility index (Phi) is 14.9. The molecule has 150 valence electrons. The number of hydrogen-bond acceptors (Lipinski definition) is 4. The highest BCUT2D eigenvalue weighted by atomic mass is 127. The molecule has 7 nitrogen and oxygen atoms in total. The van der Waals surface area contributed by atoms with Gasteiger partial charge in [0.25, 0.3) is 0 Å². The van der Waals surface area contributed by atoms with Crippen LogP contribution in [-0.4, -0.2) is 59.5 Å². The molecule has 0 aromatic rings. The number of halogens is 1. The molecule has 0 radical (unpaired) electrons. The molecule has 0 bridgehead atoms. The molecule has 0 saturated heterocycles. The molecule has 1 saturated carbocycles. The highest BCUT2D eigenvalue weighted by Crippen LogP contribution is 2.25. The molecule has 0 atom stereocenters. The summed E-state index contributed by atoms with van der Waals surface area (Å²) >= 11 is 0. The van der Waals surface area contributed by atoms with Gasteiger partial charge >= 0.3 is 0 Å². The lowest BCUT2D eigenvalue weighted by Gasteiger charge is -2.25. The van der Waals surface area contributed by atoms with Crippen LogP contribution in [-0.2, 0) is 14.8 Å². The van der Waals surface area contributed by atoms with Crippen molar-refractivity contribution in [1.29, 1.82) is 0 Å². The molecule has 1 aliphatic carbocycles. The highest BCUT2D eigenvalue weighted by Gasteiger charge is 2.19. The van der Waals surface area contributed by atoms with Gasteiger partial charge in [0.05, 0.1) is 5.75 Å². The standard InChI is InChI=1S/C16H34N4O3S.HI/c1-3-17-16(18-10-5-6-12-23-4-2)19-11-13-24(21,22)20-14-15-8-7-9-15;/h15,20H,3-14H2,1-2H3,(H2,17,18,19);1H. The first-order chi connectivity index (χ1) is 11.6. The second kappa shape index (κ2) is 15.0. The van der Waals surface area contributed by atoms with Crippen LogP contribution in [0.3, 0.4) is 0 Å². The van der Waals surface area contributed by atoms with E-state index in [4.69, 9.17) is 4.74 Å². The fourth-order valence-electron chi connectivity index (χ4n) is 2.31. The molecule has 0 unspecified atom stereocenters. The SMILES string of the molecule is CCNC(=NCCCCOCC)NCCS(=O)(=O)NCC1CCC1.I. The van der Waals surface area contributed by atoms with Crippen molar-refractivity contribution in [2.45, 2.75) is 46.0 Å². The van der Waals surface area contributed by atoms with Gasteiger partial charge < -0.3 is 15.4 Å². The van der Waals surface area contributed by atoms with Crippen molar-refractivity contribution in [3.63, 3.8) is 0 Å². The molecular weight excluding hydrogens is 455 g/mol. The molecule has 1 fully saturated rings. The van der Waals surface area contributed by atoms with Gasteiger partial charge in [0.1, 0.15) is 0 Å². The molecule has 25 heavy (non-hydrogen) atoms. The number of rotatable bonds is 13. The third kappa shape index (κ3) is 12.8. The molecule has 0 amide bonds. The smallest absolute Gasteiger partial charge is 0.213 e. The lowest BCUT2D eigenvalue weighted by atomic mass is 9.86. The van der Waals surface area contributed by atoms with Gasteiger partial charge in [-0.3, -0.25) is 4.99 Å². The predicted octanol–water partition coefficient (Wildman–Crippen LogP) is 1.70. The Morgan fingerprint density at radius 2 is 1.96 bits per heavy atom. The molecule has 0 aromatic carbocycles. The summed E-state index contributed by atoms with van der Waals surface area (Å²) in [6, 6.07) is 0. The summed E-state index contributed by atoms with van der Waals surface area (Å²) in [5, 5.41) is 6.21. The molecule has 1 rings (SSSR count). The van der Waals surface area contributed by atoms with Gasteiger partial charge in [-0.25, -0.2) is 13.1 Å². The van der Waals surface area contributed by atoms with Crippen LogP contribution in [0, 0.1) is 5.92 Å². The van der Waals surface area contributed by atoms with Crippen LogP contribution in [0.15, 0.2) is 4.99 Å². The van der Waals surface area contributed by atoms with Crippen LogP contribution < -0.4 is 15.4 Å². The summed E-state index contributed by atoms with van der Waals surface area (Å²) in [6.07, 6.45) is 5.44. The molecule has 0 spiro atoms. The largest absolute Gasteiger partial charge is 0.382 e. The summed E-state index contributed by atoms with van der Waals surface area (Å²) < 4.78 is 31.9. The van der Waals surface area contributed by atoms with Crippen molar-refractivity contribution in [3.8, 4) is 0 Å². The average Bonchev–Trinajstić information content (AvgIpc) is 2.48. The van der Waals surface area contributed by atoms with Crippen LogP contribution in [0.2, 0.25) is 0 Å². The van der Waals surface area contributed by atoms with E-state index in [1.54, 1.807) is 0 Å². The van der Waals surface area contributed by atoms with Gasteiger partial charge in [0.2, 0.25) is 10.0 Å². The van der Waals surface area contributed by atoms with Gasteiger partial charge in [-0.05, 0) is 45.4 Å². The summed E-state index contributed by atoms with van der Waals surface area (Å²) in [4.78, 5) is 4.45. The lowest BCUT2D eigenvalue weighted by molar-refractivity contribution is 0.144. The Bertz CT molecular complexity index is 456. The van der Waals surface area contributed by atoms with E-state index < -0.39 is 10.0 Å². The topological polar surface area (TPSA) is 91.8 Å². The number of sulfonamides is 1. The maximum Gasteiger partial charge on any atom is 0.213 e. The van der Waals surface area contributed by atoms with Crippen molar-refractivity contribution >= 4 is 40.0 Å². The van der Waals surface area contributed by atoms with Gasteiger partial charge in [-0.15, -0.1) is 24.0 Å². The summed E-state index contributed by atoms with van der Waals surface area (Å²) in [5.74, 6) is 1.26. The second-order valence-corrected chi connectivity index (χ2v) is 7.98. The van der Waals surface area contributed by atoms with E-state index in [-0.39, 0.29) is 29.7 Å². The molecule has 9 heteroatoms. The number of ether oxygens (including phenoxy) is 1. The maximum atomic E-state index is 11.9. The van der Waals surface area contributed by atoms with Crippen molar-refractivity contribution in [3.05, 3.63) is 0 Å². The van der Waals surface area contributed by atoms with Crippen LogP contribution in [0.25, 0.3) is 0 Å². The summed E-state index contributed by atoms with van der Waals surface area (Å²) in [5.41, 5.74) is 0. The Balaban J connectivity index is 0.00000576. The second-order valence-electron chi connectivity index (χ2n) is 6.06. The summed E-state index contributed by atoms with van der Waals surface area (Å²) in [7, 11) is -3.21. The third-order valence-electron chi connectivity index (χ3n) is 3.99. The molecule has 0 aliphatic heterocycles. The third-order valence-corrected chi connectivity index (χ3v) is 5.34. The van der Waals surface area contributed by atoms with E-state index in [0.717, 1.165) is 45.4 Å². The zero-order valence-corrected chi connectivity index (χ0v) is 18.7. The zero-order valence-electron chi connectivity index (χ0n) is 15.6. The minimum absolute atomic E-state index is 0. The average molecular weight is 490 g/mol. The van der Waals surface area contributed by atoms with Gasteiger partial charge in [0.15, 0.2) is 5.96 Å². The first-order valence-corrected chi connectivity index (χ1v) is 10.8. The van der Waals surface area contributed by atoms with Gasteiger partial charge in [-0.2, -0.15) is 0 Å². The van der Waals surface area contributed by atoms with E-state index in [2.05, 4.69) is 20.3 Å². The molecule has 3 N–H and O–H groups in total. The van der Waals surface area contributed by atoms with Crippen LogP contribution in [0.5, 0.6) is 0 Å². The minimum Gasteiger partial charge on any atom is -0.382 e. The predicted molar refractivity (Wildman–Crippen MR) is 114 cm³/mol. The quantitative estimate of drug-likeness (QED) is 0.158. The molecule has 1 aliphatic rings. The first-order valence-electron chi connectivity index (χ1n) is 9.14. The van der Waals surface area contributed by atoms with Crippen molar-refractivity contribution < 1.29 is 13.2 Å². The Labute approximate surface area is 170 Å². The number of nitrogens with one attached hydrogen (secondary N) is 3. The number of hydrogen-bond donors (Lipinski definition) is 3. The Morgan fingerprint density at radius 1 is 1.20 bits per heavy atom. The van der Waals surface area contributed by atoms with Crippen molar-refractivity contribution in [1.82, 2.24) is 15.4 Å². The number of guanidine groups is 1. The van der Waals surface area contributed by atoms with E-state index in [1.165, 1.54) is 6.42 Å². The molecular formula is C16H35IN4O3S. The minimum atomic E-state index is -3.21. The zero-order chi connectivity index (χ0) is 17.7. The van der Waals surface area contributed by atoms with E-state index in [1.807, 2.05) is 13.8 Å². The lowest BCUT2D eigenvalue weighted by Crippen LogP contribution is -2.42. The maximum absolute atomic E-state index is 11.9. The van der Waals surface area contributed by atoms with Crippen LogP contribution in [0.4, 0.5) is 0 Å². The Morgan fingerprint density at radius 3 is 2.56 bits per heavy atom. The van der Waals surface area contributed by atoms with E-state index in [9.17, 15) is 8.42 Å². The van der Waals surface area contributed by atoms with Gasteiger partial charge in [0, 0.05) is 39.4 Å². The monoisotopic (exact) mass is 490 g/mol. The summed E-state index contributed by atoms with van der Waals surface area (Å²) in [6.45, 7) is 7.87. The van der Waals surface area contributed by atoms with E-state index in [0.29, 0.717) is 31.5 Å². The van der Waals surface area contributed by atoms with Crippen LogP contribution >= 0.6 is 24.0 Å². The highest BCUT2D eigenvalue weighted by molar-refractivity contribution is 14.0. The van der Waals surface area contributed by atoms with Gasteiger partial charge in [-0.1, -0.05) is 6.42 Å². The van der Waals surface area contributed by atoms with E-state index >= 15 is 0 Å². The van der Waals surface area contributed by atoms with Crippen LogP contribution in [0.1, 0.15) is 46.0 Å². The number of nitrogens with zero attached hydrogens (tertiary/aromatic N) is 1. The fraction of sp³-hybridized carbons (Fsp3) is 0.938. The molecule has 0 heterocycles. The number of aliphatic imine (C=N–C) groups is 1. The van der Waals surface area contributed by atoms with Crippen molar-refractivity contribution in [2.75, 3.05) is 45.1 Å². The first kappa shape index (κ1) is 24.9. The normalized spacial score (nSPS) is 15.4. The fourth-order valence-corrected chi connectivity index (χ4v) is 3.32. The van der Waals surface area contributed by atoms with Crippen molar-refractivity contribution in [2.24, 2.45) is 10.9 Å². The molecule has 0 aromatic heterocycles.